The molecule has 1 saturated carbocycles. The lowest BCUT2D eigenvalue weighted by molar-refractivity contribution is -0.127. The lowest BCUT2D eigenvalue weighted by Crippen LogP contribution is -2.22. The van der Waals surface area contributed by atoms with Crippen molar-refractivity contribution in [1.82, 2.24) is 4.98 Å². The van der Waals surface area contributed by atoms with Gasteiger partial charge in [-0.3, -0.25) is 4.79 Å². The number of carbonyl (C=O) groups is 2. The van der Waals surface area contributed by atoms with Crippen molar-refractivity contribution in [2.45, 2.75) is 52.4 Å². The highest BCUT2D eigenvalue weighted by Gasteiger charge is 2.35. The van der Waals surface area contributed by atoms with E-state index in [2.05, 4.69) is 6.92 Å². The zero-order valence-electron chi connectivity index (χ0n) is 15.4. The number of halogens is 1. The van der Waals surface area contributed by atoms with Crippen LogP contribution >= 0.6 is 22.9 Å². The molecule has 0 N–H and O–H groups in total. The highest BCUT2D eigenvalue weighted by atomic mass is 35.5. The van der Waals surface area contributed by atoms with Crippen molar-refractivity contribution in [2.24, 2.45) is 11.8 Å². The molecule has 1 unspecified atom stereocenters. The smallest absolute Gasteiger partial charge is 0.152 e. The molecule has 1 heterocycles. The van der Waals surface area contributed by atoms with E-state index in [0.29, 0.717) is 11.6 Å². The Hall–Kier alpha value is -1.52. The van der Waals surface area contributed by atoms with Gasteiger partial charge in [-0.05, 0) is 56.2 Å². The van der Waals surface area contributed by atoms with Crippen LogP contribution in [0.5, 0.6) is 0 Å². The fourth-order valence-electron chi connectivity index (χ4n) is 3.75. The van der Waals surface area contributed by atoms with E-state index in [4.69, 9.17) is 16.6 Å². The Labute approximate surface area is 163 Å². The van der Waals surface area contributed by atoms with Crippen LogP contribution in [0, 0.1) is 18.8 Å². The number of aromatic nitrogens is 1. The minimum atomic E-state index is -0.737. The van der Waals surface area contributed by atoms with Crippen molar-refractivity contribution < 1.29 is 9.59 Å². The summed E-state index contributed by atoms with van der Waals surface area (Å²) in [4.78, 5) is 30.5. The first kappa shape index (κ1) is 19.2. The molecule has 1 aromatic heterocycles. The van der Waals surface area contributed by atoms with E-state index < -0.39 is 5.92 Å². The second kappa shape index (κ2) is 8.01. The van der Waals surface area contributed by atoms with Gasteiger partial charge in [0.05, 0.1) is 5.69 Å². The molecular formula is C21H24ClNO2S. The SMILES string of the molecule is CCc1sc(-c2ccc(Cl)c(C)c2)nc1C(C=O)C(=O)[C@@H]1CC[C@@H](C)C1. The molecule has 0 saturated heterocycles. The van der Waals surface area contributed by atoms with Gasteiger partial charge >= 0.3 is 0 Å². The molecule has 0 radical (unpaired) electrons. The van der Waals surface area contributed by atoms with Crippen molar-refractivity contribution in [3.8, 4) is 10.6 Å². The Balaban J connectivity index is 1.95. The van der Waals surface area contributed by atoms with Crippen molar-refractivity contribution in [2.75, 3.05) is 0 Å². The number of nitrogens with zero attached hydrogens (tertiary/aromatic N) is 1. The molecule has 0 bridgehead atoms. The maximum Gasteiger partial charge on any atom is 0.152 e. The summed E-state index contributed by atoms with van der Waals surface area (Å²) in [6.07, 6.45) is 4.39. The number of rotatable bonds is 6. The topological polar surface area (TPSA) is 47.0 Å². The number of hydrogen-bond acceptors (Lipinski definition) is 4. The minimum absolute atomic E-state index is 0.00664. The van der Waals surface area contributed by atoms with Gasteiger partial charge in [0, 0.05) is 21.4 Å². The van der Waals surface area contributed by atoms with Crippen molar-refractivity contribution in [3.63, 3.8) is 0 Å². The number of benzene rings is 1. The number of thiazole rings is 1. The van der Waals surface area contributed by atoms with E-state index in [-0.39, 0.29) is 11.7 Å². The van der Waals surface area contributed by atoms with Gasteiger partial charge in [-0.1, -0.05) is 31.5 Å². The van der Waals surface area contributed by atoms with Crippen LogP contribution in [-0.4, -0.2) is 17.1 Å². The number of hydrogen-bond donors (Lipinski definition) is 0. The molecule has 2 aromatic rings. The highest BCUT2D eigenvalue weighted by Crippen LogP contribution is 2.38. The highest BCUT2D eigenvalue weighted by molar-refractivity contribution is 7.15. The lowest BCUT2D eigenvalue weighted by Gasteiger charge is -2.14. The molecule has 5 heteroatoms. The monoisotopic (exact) mass is 389 g/mol. The van der Waals surface area contributed by atoms with Crippen molar-refractivity contribution >= 4 is 35.0 Å². The average molecular weight is 390 g/mol. The summed E-state index contributed by atoms with van der Waals surface area (Å²) in [5.74, 6) is -0.139. The van der Waals surface area contributed by atoms with Gasteiger partial charge in [-0.25, -0.2) is 4.98 Å². The molecule has 1 aromatic carbocycles. The summed E-state index contributed by atoms with van der Waals surface area (Å²) in [5, 5.41) is 1.56. The van der Waals surface area contributed by atoms with E-state index >= 15 is 0 Å². The third kappa shape index (κ3) is 3.77. The molecule has 0 aliphatic heterocycles. The van der Waals surface area contributed by atoms with Crippen LogP contribution in [0.25, 0.3) is 10.6 Å². The molecule has 26 heavy (non-hydrogen) atoms. The normalized spacial score (nSPS) is 20.9. The van der Waals surface area contributed by atoms with Gasteiger partial charge in [-0.15, -0.1) is 11.3 Å². The predicted molar refractivity (Wildman–Crippen MR) is 107 cm³/mol. The van der Waals surface area contributed by atoms with Gasteiger partial charge in [0.15, 0.2) is 5.78 Å². The fourth-order valence-corrected chi connectivity index (χ4v) is 4.91. The largest absolute Gasteiger partial charge is 0.302 e. The summed E-state index contributed by atoms with van der Waals surface area (Å²) in [7, 11) is 0. The zero-order valence-corrected chi connectivity index (χ0v) is 17.0. The van der Waals surface area contributed by atoms with Crippen LogP contribution in [0.4, 0.5) is 0 Å². The minimum Gasteiger partial charge on any atom is -0.302 e. The van der Waals surface area contributed by atoms with E-state index in [1.165, 1.54) is 0 Å². The molecule has 0 amide bonds. The van der Waals surface area contributed by atoms with Crippen LogP contribution in [0.15, 0.2) is 18.2 Å². The first-order valence-electron chi connectivity index (χ1n) is 9.19. The van der Waals surface area contributed by atoms with Crippen molar-refractivity contribution in [3.05, 3.63) is 39.4 Å². The molecule has 1 aliphatic carbocycles. The maximum absolute atomic E-state index is 13.0. The van der Waals surface area contributed by atoms with Gasteiger partial charge in [0.25, 0.3) is 0 Å². The molecular weight excluding hydrogens is 366 g/mol. The second-order valence-electron chi connectivity index (χ2n) is 7.28. The van der Waals surface area contributed by atoms with Crippen LogP contribution in [0.2, 0.25) is 5.02 Å². The van der Waals surface area contributed by atoms with E-state index in [9.17, 15) is 9.59 Å². The van der Waals surface area contributed by atoms with E-state index in [1.54, 1.807) is 11.3 Å². The predicted octanol–water partition coefficient (Wildman–Crippen LogP) is 5.62. The molecule has 1 fully saturated rings. The summed E-state index contributed by atoms with van der Waals surface area (Å²) >= 11 is 7.69. The summed E-state index contributed by atoms with van der Waals surface area (Å²) in [6, 6.07) is 5.80. The first-order valence-corrected chi connectivity index (χ1v) is 10.4. The molecule has 1 aliphatic rings. The maximum atomic E-state index is 13.0. The molecule has 3 nitrogen and oxygen atoms in total. The number of ketones is 1. The van der Waals surface area contributed by atoms with Crippen molar-refractivity contribution in [1.29, 1.82) is 0 Å². The number of aryl methyl sites for hydroxylation is 2. The Kier molecular flexibility index (Phi) is 5.93. The molecule has 3 rings (SSSR count). The van der Waals surface area contributed by atoms with Gasteiger partial charge in [0.2, 0.25) is 0 Å². The Morgan fingerprint density at radius 1 is 1.42 bits per heavy atom. The zero-order chi connectivity index (χ0) is 18.8. The summed E-state index contributed by atoms with van der Waals surface area (Å²) in [5.41, 5.74) is 2.62. The molecule has 0 spiro atoms. The number of carbonyl (C=O) groups excluding carboxylic acids is 2. The van der Waals surface area contributed by atoms with Gasteiger partial charge in [-0.2, -0.15) is 0 Å². The van der Waals surface area contributed by atoms with Gasteiger partial charge < -0.3 is 4.79 Å². The first-order chi connectivity index (χ1) is 12.4. The molecule has 138 valence electrons. The van der Waals surface area contributed by atoms with Crippen LogP contribution in [0.3, 0.4) is 0 Å². The number of aldehydes is 1. The fraction of sp³-hybridized carbons (Fsp3) is 0.476. The van der Waals surface area contributed by atoms with Gasteiger partial charge in [0.1, 0.15) is 17.2 Å². The third-order valence-electron chi connectivity index (χ3n) is 5.29. The third-order valence-corrected chi connectivity index (χ3v) is 6.98. The second-order valence-corrected chi connectivity index (χ2v) is 8.77. The summed E-state index contributed by atoms with van der Waals surface area (Å²) < 4.78 is 0. The molecule has 3 atom stereocenters. The Morgan fingerprint density at radius 3 is 2.77 bits per heavy atom. The van der Waals surface area contributed by atoms with Crippen LogP contribution in [0.1, 0.15) is 55.2 Å². The summed E-state index contributed by atoms with van der Waals surface area (Å²) in [6.45, 7) is 6.17. The van der Waals surface area contributed by atoms with E-state index in [1.807, 2.05) is 32.0 Å². The van der Waals surface area contributed by atoms with E-state index in [0.717, 1.165) is 58.0 Å². The Morgan fingerprint density at radius 2 is 2.19 bits per heavy atom. The lowest BCUT2D eigenvalue weighted by atomic mass is 9.89. The number of Topliss-reactive ketones (excluding diaryl/α,β-unsaturated/α-hetero) is 1. The quantitative estimate of drug-likeness (QED) is 0.475. The standard InChI is InChI=1S/C21H24ClNO2S/c1-4-18-19(16(11-24)20(25)14-6-5-12(2)9-14)23-21(26-18)15-7-8-17(22)13(3)10-15/h7-8,10-12,14,16H,4-6,9H2,1-3H3/t12-,14-,16?/m1/s1. The average Bonchev–Trinajstić information content (AvgIpc) is 3.24. The van der Waals surface area contributed by atoms with Crippen LogP contribution in [-0.2, 0) is 16.0 Å². The Bertz CT molecular complexity index is 829. The van der Waals surface area contributed by atoms with Crippen LogP contribution < -0.4 is 0 Å².